The molecule has 0 unspecified atom stereocenters. The van der Waals surface area contributed by atoms with Gasteiger partial charge in [0.2, 0.25) is 5.95 Å². The van der Waals surface area contributed by atoms with E-state index < -0.39 is 0 Å². The first-order valence-corrected chi connectivity index (χ1v) is 4.51. The predicted molar refractivity (Wildman–Crippen MR) is 51.4 cm³/mol. The molecule has 0 fully saturated rings. The molecule has 1 rings (SSSR count). The van der Waals surface area contributed by atoms with Crippen LogP contribution in [0.25, 0.3) is 0 Å². The Morgan fingerprint density at radius 3 is 2.62 bits per heavy atom. The van der Waals surface area contributed by atoms with Gasteiger partial charge in [-0.3, -0.25) is 0 Å². The van der Waals surface area contributed by atoms with Crippen LogP contribution in [-0.2, 0) is 7.05 Å². The van der Waals surface area contributed by atoms with Crippen molar-refractivity contribution >= 4 is 5.95 Å². The molecule has 0 atom stereocenters. The highest BCUT2D eigenvalue weighted by molar-refractivity contribution is 5.21. The van der Waals surface area contributed by atoms with E-state index in [1.807, 2.05) is 7.05 Å². The number of hydrogen-bond acceptors (Lipinski definition) is 4. The van der Waals surface area contributed by atoms with Crippen LogP contribution >= 0.6 is 0 Å². The number of nitrogens with one attached hydrogen (secondary N) is 1. The number of aryl methyl sites for hydroxylation is 1. The van der Waals surface area contributed by atoms with E-state index in [0.717, 1.165) is 18.9 Å². The van der Waals surface area contributed by atoms with Gasteiger partial charge >= 0.3 is 0 Å². The van der Waals surface area contributed by atoms with Gasteiger partial charge in [-0.25, -0.2) is 4.68 Å². The Kier molecular flexibility index (Phi) is 2.85. The molecule has 0 spiro atoms. The van der Waals surface area contributed by atoms with E-state index >= 15 is 0 Å². The van der Waals surface area contributed by atoms with Gasteiger partial charge in [-0.1, -0.05) is 25.9 Å². The van der Waals surface area contributed by atoms with Gasteiger partial charge in [0.15, 0.2) is 0 Å². The molecule has 13 heavy (non-hydrogen) atoms. The van der Waals surface area contributed by atoms with Crippen LogP contribution in [0.2, 0.25) is 0 Å². The molecule has 1 aromatic heterocycles. The zero-order chi connectivity index (χ0) is 9.90. The highest BCUT2D eigenvalue weighted by Crippen LogP contribution is 2.19. The summed E-state index contributed by atoms with van der Waals surface area (Å²) in [4.78, 5) is 0. The van der Waals surface area contributed by atoms with Gasteiger partial charge in [0.1, 0.15) is 0 Å². The van der Waals surface area contributed by atoms with Crippen LogP contribution in [0.5, 0.6) is 0 Å². The maximum atomic E-state index is 3.84. The van der Waals surface area contributed by atoms with Gasteiger partial charge in [0, 0.05) is 13.6 Å². The smallest absolute Gasteiger partial charge is 0.242 e. The van der Waals surface area contributed by atoms with Crippen molar-refractivity contribution in [2.45, 2.75) is 27.2 Å². The van der Waals surface area contributed by atoms with Crippen LogP contribution in [-0.4, -0.2) is 26.8 Å². The molecule has 1 aromatic rings. The van der Waals surface area contributed by atoms with Gasteiger partial charge < -0.3 is 5.32 Å². The van der Waals surface area contributed by atoms with Crippen LogP contribution in [0.15, 0.2) is 0 Å². The number of nitrogens with zero attached hydrogens (tertiary/aromatic N) is 4. The van der Waals surface area contributed by atoms with Crippen molar-refractivity contribution in [3.05, 3.63) is 0 Å². The average molecular weight is 183 g/mol. The van der Waals surface area contributed by atoms with Crippen molar-refractivity contribution in [2.75, 3.05) is 11.9 Å². The quantitative estimate of drug-likeness (QED) is 0.758. The Bertz CT molecular complexity index is 265. The van der Waals surface area contributed by atoms with E-state index in [1.165, 1.54) is 0 Å². The second kappa shape index (κ2) is 3.72. The predicted octanol–water partition coefficient (Wildman–Crippen LogP) is 1.06. The first-order chi connectivity index (χ1) is 6.05. The van der Waals surface area contributed by atoms with E-state index in [0.29, 0.717) is 0 Å². The van der Waals surface area contributed by atoms with Gasteiger partial charge in [0.25, 0.3) is 0 Å². The highest BCUT2D eigenvalue weighted by Gasteiger charge is 2.15. The topological polar surface area (TPSA) is 55.6 Å². The molecule has 0 bridgehead atoms. The summed E-state index contributed by atoms with van der Waals surface area (Å²) in [6, 6.07) is 0. The van der Waals surface area contributed by atoms with Crippen LogP contribution in [0.1, 0.15) is 27.2 Å². The number of tetrazole rings is 1. The van der Waals surface area contributed by atoms with Crippen LogP contribution in [0.4, 0.5) is 5.95 Å². The molecule has 5 heteroatoms. The largest absolute Gasteiger partial charge is 0.353 e. The molecule has 0 aliphatic heterocycles. The second-order valence-corrected chi connectivity index (χ2v) is 4.00. The third-order valence-corrected chi connectivity index (χ3v) is 2.30. The van der Waals surface area contributed by atoms with Gasteiger partial charge in [-0.15, -0.1) is 0 Å². The summed E-state index contributed by atoms with van der Waals surface area (Å²) in [6.45, 7) is 7.49. The van der Waals surface area contributed by atoms with E-state index in [2.05, 4.69) is 41.6 Å². The SMILES string of the molecule is CCC(C)(C)CNc1nnnn1C. The Morgan fingerprint density at radius 1 is 1.46 bits per heavy atom. The summed E-state index contributed by atoms with van der Waals surface area (Å²) in [6.07, 6.45) is 1.13. The number of anilines is 1. The fourth-order valence-corrected chi connectivity index (χ4v) is 0.823. The molecule has 1 heterocycles. The Labute approximate surface area is 78.5 Å². The minimum atomic E-state index is 0.284. The Hall–Kier alpha value is -1.13. The van der Waals surface area contributed by atoms with E-state index in [9.17, 15) is 0 Å². The van der Waals surface area contributed by atoms with Crippen molar-refractivity contribution in [1.29, 1.82) is 0 Å². The van der Waals surface area contributed by atoms with Crippen molar-refractivity contribution in [3.63, 3.8) is 0 Å². The van der Waals surface area contributed by atoms with Gasteiger partial charge in [-0.2, -0.15) is 0 Å². The van der Waals surface area contributed by atoms with Gasteiger partial charge in [0.05, 0.1) is 0 Å². The van der Waals surface area contributed by atoms with Crippen molar-refractivity contribution < 1.29 is 0 Å². The molecular weight excluding hydrogens is 166 g/mol. The van der Waals surface area contributed by atoms with Gasteiger partial charge in [-0.05, 0) is 22.3 Å². The molecule has 0 aliphatic carbocycles. The first-order valence-electron chi connectivity index (χ1n) is 4.51. The molecule has 0 radical (unpaired) electrons. The van der Waals surface area contributed by atoms with E-state index in [-0.39, 0.29) is 5.41 Å². The molecule has 1 N–H and O–H groups in total. The molecule has 0 aliphatic rings. The summed E-state index contributed by atoms with van der Waals surface area (Å²) in [5.74, 6) is 0.724. The van der Waals surface area contributed by atoms with Crippen LogP contribution in [0.3, 0.4) is 0 Å². The van der Waals surface area contributed by atoms with Crippen LogP contribution in [0, 0.1) is 5.41 Å². The fraction of sp³-hybridized carbons (Fsp3) is 0.875. The molecule has 0 aromatic carbocycles. The molecule has 0 saturated heterocycles. The maximum Gasteiger partial charge on any atom is 0.242 e. The fourth-order valence-electron chi connectivity index (χ4n) is 0.823. The highest BCUT2D eigenvalue weighted by atomic mass is 15.6. The number of aromatic nitrogens is 4. The lowest BCUT2D eigenvalue weighted by Gasteiger charge is -2.22. The number of hydrogen-bond donors (Lipinski definition) is 1. The lowest BCUT2D eigenvalue weighted by molar-refractivity contribution is 0.375. The normalized spacial score (nSPS) is 11.7. The molecule has 74 valence electrons. The molecule has 5 nitrogen and oxygen atoms in total. The zero-order valence-corrected chi connectivity index (χ0v) is 8.70. The van der Waals surface area contributed by atoms with Crippen molar-refractivity contribution in [3.8, 4) is 0 Å². The van der Waals surface area contributed by atoms with Crippen LogP contribution < -0.4 is 5.32 Å². The zero-order valence-electron chi connectivity index (χ0n) is 8.70. The minimum Gasteiger partial charge on any atom is -0.353 e. The maximum absolute atomic E-state index is 3.84. The summed E-state index contributed by atoms with van der Waals surface area (Å²) in [5.41, 5.74) is 0.284. The molecule has 0 saturated carbocycles. The van der Waals surface area contributed by atoms with E-state index in [4.69, 9.17) is 0 Å². The third-order valence-electron chi connectivity index (χ3n) is 2.30. The standard InChI is InChI=1S/C8H17N5/c1-5-8(2,3)6-9-7-10-11-12-13(7)4/h5-6H2,1-4H3,(H,9,10,12). The Morgan fingerprint density at radius 2 is 2.15 bits per heavy atom. The Balaban J connectivity index is 2.48. The van der Waals surface area contributed by atoms with Crippen molar-refractivity contribution in [2.24, 2.45) is 12.5 Å². The molecular formula is C8H17N5. The molecule has 0 amide bonds. The monoisotopic (exact) mass is 183 g/mol. The minimum absolute atomic E-state index is 0.284. The van der Waals surface area contributed by atoms with E-state index in [1.54, 1.807) is 4.68 Å². The third kappa shape index (κ3) is 2.68. The summed E-state index contributed by atoms with van der Waals surface area (Å²) < 4.78 is 1.63. The summed E-state index contributed by atoms with van der Waals surface area (Å²) in [5, 5.41) is 14.3. The lowest BCUT2D eigenvalue weighted by atomic mass is 9.90. The second-order valence-electron chi connectivity index (χ2n) is 4.00. The van der Waals surface area contributed by atoms with Crippen molar-refractivity contribution in [1.82, 2.24) is 20.2 Å². The lowest BCUT2D eigenvalue weighted by Crippen LogP contribution is -2.23. The summed E-state index contributed by atoms with van der Waals surface area (Å²) in [7, 11) is 1.82. The summed E-state index contributed by atoms with van der Waals surface area (Å²) >= 11 is 0. The number of rotatable bonds is 4. The average Bonchev–Trinajstić information content (AvgIpc) is 2.48. The first kappa shape index (κ1) is 9.95.